The van der Waals surface area contributed by atoms with Gasteiger partial charge in [0.25, 0.3) is 0 Å². The molecule has 1 atom stereocenters. The molecule has 0 aromatic rings. The Bertz CT molecular complexity index is 226. The molecule has 4 nitrogen and oxygen atoms in total. The lowest BCUT2D eigenvalue weighted by Gasteiger charge is -2.17. The highest BCUT2D eigenvalue weighted by molar-refractivity contribution is 6.02. The molecule has 1 aliphatic heterocycles. The number of hydrogen-bond donors (Lipinski definition) is 1. The van der Waals surface area contributed by atoms with Gasteiger partial charge in [-0.25, -0.2) is 0 Å². The second-order valence-electron chi connectivity index (χ2n) is 3.62. The first-order chi connectivity index (χ1) is 6.15. The first-order valence-electron chi connectivity index (χ1n) is 4.55. The van der Waals surface area contributed by atoms with E-state index in [-0.39, 0.29) is 18.2 Å². The lowest BCUT2D eigenvalue weighted by atomic mass is 10.1. The van der Waals surface area contributed by atoms with Crippen LogP contribution in [0.25, 0.3) is 0 Å². The number of Topliss-reactive ketones (excluding diaryl/α,β-unsaturated/α-hetero) is 1. The monoisotopic (exact) mass is 184 g/mol. The predicted octanol–water partition coefficient (Wildman–Crippen LogP) is 0.890. The number of likely N-dealkylation sites (tertiary alicyclic amines) is 1. The molecule has 74 valence electrons. The largest absolute Gasteiger partial charge is 0.411 e. The fraction of sp³-hybridized carbons (Fsp3) is 0.778. The summed E-state index contributed by atoms with van der Waals surface area (Å²) in [6.07, 6.45) is 2.29. The van der Waals surface area contributed by atoms with Crippen molar-refractivity contribution >= 4 is 11.5 Å². The van der Waals surface area contributed by atoms with Gasteiger partial charge in [-0.2, -0.15) is 0 Å². The van der Waals surface area contributed by atoms with Crippen molar-refractivity contribution in [3.63, 3.8) is 0 Å². The average molecular weight is 184 g/mol. The predicted molar refractivity (Wildman–Crippen MR) is 50.2 cm³/mol. The molecule has 0 radical (unpaired) electrons. The summed E-state index contributed by atoms with van der Waals surface area (Å²) in [6.45, 7) is 2.65. The quantitative estimate of drug-likeness (QED) is 0.402. The third kappa shape index (κ3) is 2.52. The van der Waals surface area contributed by atoms with Crippen LogP contribution in [0, 0.1) is 0 Å². The molecule has 1 N–H and O–H groups in total. The molecule has 0 spiro atoms. The highest BCUT2D eigenvalue weighted by Gasteiger charge is 2.27. The van der Waals surface area contributed by atoms with Crippen LogP contribution in [0.5, 0.6) is 0 Å². The number of ketones is 1. The molecule has 1 rings (SSSR count). The molecule has 0 amide bonds. The van der Waals surface area contributed by atoms with Crippen LogP contribution in [0.2, 0.25) is 0 Å². The Morgan fingerprint density at radius 3 is 2.85 bits per heavy atom. The van der Waals surface area contributed by atoms with Crippen molar-refractivity contribution in [2.75, 3.05) is 13.6 Å². The summed E-state index contributed by atoms with van der Waals surface area (Å²) in [5.74, 6) is 0.162. The van der Waals surface area contributed by atoms with Gasteiger partial charge in [0, 0.05) is 6.42 Å². The van der Waals surface area contributed by atoms with E-state index in [0.717, 1.165) is 19.4 Å². The Hall–Kier alpha value is -0.900. The Labute approximate surface area is 78.2 Å². The Morgan fingerprint density at radius 1 is 1.69 bits per heavy atom. The lowest BCUT2D eigenvalue weighted by Crippen LogP contribution is -2.33. The molecule has 0 unspecified atom stereocenters. The summed E-state index contributed by atoms with van der Waals surface area (Å²) in [6, 6.07) is 0.0386. The highest BCUT2D eigenvalue weighted by Crippen LogP contribution is 2.16. The van der Waals surface area contributed by atoms with Crippen molar-refractivity contribution in [1.82, 2.24) is 4.90 Å². The zero-order valence-corrected chi connectivity index (χ0v) is 8.16. The lowest BCUT2D eigenvalue weighted by molar-refractivity contribution is -0.121. The van der Waals surface area contributed by atoms with E-state index < -0.39 is 0 Å². The number of carbonyl (C=O) groups is 1. The molecule has 1 fully saturated rings. The van der Waals surface area contributed by atoms with Crippen LogP contribution in [0.4, 0.5) is 0 Å². The van der Waals surface area contributed by atoms with Crippen LogP contribution in [0.15, 0.2) is 5.16 Å². The van der Waals surface area contributed by atoms with E-state index in [4.69, 9.17) is 5.21 Å². The molecule has 4 heteroatoms. The number of hydrogen-bond acceptors (Lipinski definition) is 4. The van der Waals surface area contributed by atoms with E-state index in [1.165, 1.54) is 0 Å². The minimum absolute atomic E-state index is 0.0386. The first-order valence-corrected chi connectivity index (χ1v) is 4.55. The van der Waals surface area contributed by atoms with Gasteiger partial charge in [0.15, 0.2) is 5.78 Å². The molecule has 1 saturated heterocycles. The molecular formula is C9H16N2O2. The fourth-order valence-corrected chi connectivity index (χ4v) is 1.72. The number of rotatable bonds is 3. The zero-order valence-electron chi connectivity index (χ0n) is 8.16. The maximum absolute atomic E-state index is 11.6. The Kier molecular flexibility index (Phi) is 3.42. The van der Waals surface area contributed by atoms with Crippen molar-refractivity contribution in [3.05, 3.63) is 0 Å². The van der Waals surface area contributed by atoms with Gasteiger partial charge in [0.05, 0.1) is 11.8 Å². The Morgan fingerprint density at radius 2 is 2.38 bits per heavy atom. The van der Waals surface area contributed by atoms with Crippen LogP contribution in [-0.2, 0) is 4.79 Å². The van der Waals surface area contributed by atoms with E-state index >= 15 is 0 Å². The van der Waals surface area contributed by atoms with Crippen molar-refractivity contribution < 1.29 is 10.0 Å². The van der Waals surface area contributed by atoms with Gasteiger partial charge in [-0.1, -0.05) is 5.16 Å². The van der Waals surface area contributed by atoms with Gasteiger partial charge < -0.3 is 5.21 Å². The molecule has 0 aromatic carbocycles. The third-order valence-electron chi connectivity index (χ3n) is 2.49. The van der Waals surface area contributed by atoms with E-state index in [2.05, 4.69) is 10.1 Å². The highest BCUT2D eigenvalue weighted by atomic mass is 16.4. The van der Waals surface area contributed by atoms with Crippen LogP contribution in [0.3, 0.4) is 0 Å². The average Bonchev–Trinajstić information content (AvgIpc) is 2.51. The normalized spacial score (nSPS) is 25.1. The summed E-state index contributed by atoms with van der Waals surface area (Å²) in [7, 11) is 1.96. The standard InChI is InChI=1S/C9H16N2O2/c1-7(10-13)6-9(12)8-4-3-5-11(8)2/h8,13H,3-6H2,1-2H3/b10-7+/t8-/m0/s1. The fourth-order valence-electron chi connectivity index (χ4n) is 1.72. The molecule has 0 aromatic heterocycles. The van der Waals surface area contributed by atoms with Crippen molar-refractivity contribution in [2.24, 2.45) is 5.16 Å². The third-order valence-corrected chi connectivity index (χ3v) is 2.49. The maximum Gasteiger partial charge on any atom is 0.155 e. The topological polar surface area (TPSA) is 52.9 Å². The number of likely N-dealkylation sites (N-methyl/N-ethyl adjacent to an activating group) is 1. The van der Waals surface area contributed by atoms with Crippen molar-refractivity contribution in [3.8, 4) is 0 Å². The van der Waals surface area contributed by atoms with E-state index in [1.54, 1.807) is 6.92 Å². The first kappa shape index (κ1) is 10.2. The molecule has 0 saturated carbocycles. The van der Waals surface area contributed by atoms with Gasteiger partial charge in [-0.15, -0.1) is 0 Å². The van der Waals surface area contributed by atoms with Crippen LogP contribution < -0.4 is 0 Å². The van der Waals surface area contributed by atoms with Crippen molar-refractivity contribution in [2.45, 2.75) is 32.2 Å². The van der Waals surface area contributed by atoms with Crippen LogP contribution >= 0.6 is 0 Å². The van der Waals surface area contributed by atoms with Gasteiger partial charge in [0.2, 0.25) is 0 Å². The van der Waals surface area contributed by atoms with Gasteiger partial charge >= 0.3 is 0 Å². The summed E-state index contributed by atoms with van der Waals surface area (Å²) in [5.41, 5.74) is 0.491. The molecule has 1 heterocycles. The molecule has 1 aliphatic rings. The van der Waals surface area contributed by atoms with E-state index in [9.17, 15) is 4.79 Å². The second-order valence-corrected chi connectivity index (χ2v) is 3.62. The number of nitrogens with zero attached hydrogens (tertiary/aromatic N) is 2. The summed E-state index contributed by atoms with van der Waals surface area (Å²) < 4.78 is 0. The summed E-state index contributed by atoms with van der Waals surface area (Å²) in [4.78, 5) is 13.7. The second kappa shape index (κ2) is 4.37. The van der Waals surface area contributed by atoms with Gasteiger partial charge in [-0.3, -0.25) is 9.69 Å². The smallest absolute Gasteiger partial charge is 0.155 e. The molecule has 13 heavy (non-hydrogen) atoms. The van der Waals surface area contributed by atoms with Gasteiger partial charge in [-0.05, 0) is 33.4 Å². The Balaban J connectivity index is 2.48. The van der Waals surface area contributed by atoms with E-state index in [1.807, 2.05) is 7.05 Å². The number of oxime groups is 1. The maximum atomic E-state index is 11.6. The molecular weight excluding hydrogens is 168 g/mol. The summed E-state index contributed by atoms with van der Waals surface area (Å²) in [5, 5.41) is 11.4. The summed E-state index contributed by atoms with van der Waals surface area (Å²) >= 11 is 0. The molecule has 0 bridgehead atoms. The van der Waals surface area contributed by atoms with Crippen LogP contribution in [0.1, 0.15) is 26.2 Å². The number of carbonyl (C=O) groups excluding carboxylic acids is 1. The molecule has 0 aliphatic carbocycles. The van der Waals surface area contributed by atoms with Crippen LogP contribution in [-0.4, -0.2) is 41.2 Å². The van der Waals surface area contributed by atoms with E-state index in [0.29, 0.717) is 5.71 Å². The van der Waals surface area contributed by atoms with Gasteiger partial charge in [0.1, 0.15) is 0 Å². The minimum atomic E-state index is 0.0386. The van der Waals surface area contributed by atoms with Crippen molar-refractivity contribution in [1.29, 1.82) is 0 Å². The SMILES string of the molecule is C/C(CC(=O)[C@@H]1CCCN1C)=N\O. The zero-order chi connectivity index (χ0) is 9.84. The minimum Gasteiger partial charge on any atom is -0.411 e.